The Hall–Kier alpha value is -2.03. The molecule has 1 rings (SSSR count). The minimum atomic E-state index is -0.981. The average molecular weight is 332 g/mol. The molecule has 3 heteroatoms. The van der Waals surface area contributed by atoms with Crippen LogP contribution in [0.15, 0.2) is 54.8 Å². The van der Waals surface area contributed by atoms with Crippen molar-refractivity contribution in [3.05, 3.63) is 54.8 Å². The zero-order valence-electron chi connectivity index (χ0n) is 15.2. The van der Waals surface area contributed by atoms with Gasteiger partial charge >= 0.3 is 5.97 Å². The molecule has 3 nitrogen and oxygen atoms in total. The maximum absolute atomic E-state index is 9.25. The summed E-state index contributed by atoms with van der Waals surface area (Å²) >= 11 is 0. The zero-order chi connectivity index (χ0) is 18.0. The van der Waals surface area contributed by atoms with Crippen LogP contribution in [0.2, 0.25) is 0 Å². The highest BCUT2D eigenvalue weighted by Crippen LogP contribution is 2.17. The van der Waals surface area contributed by atoms with Crippen molar-refractivity contribution in [3.8, 4) is 5.75 Å². The second-order valence-corrected chi connectivity index (χ2v) is 5.58. The molecule has 0 saturated heterocycles. The number of aliphatic carboxylic acids is 1. The van der Waals surface area contributed by atoms with Crippen LogP contribution in [0.5, 0.6) is 5.75 Å². The minimum Gasteiger partial charge on any atom is -0.478 e. The highest BCUT2D eigenvalue weighted by molar-refractivity contribution is 5.78. The second kappa shape index (κ2) is 15.9. The quantitative estimate of drug-likeness (QED) is 0.291. The summed E-state index contributed by atoms with van der Waals surface area (Å²) < 4.78 is 5.87. The lowest BCUT2D eigenvalue weighted by Gasteiger charge is -2.09. The number of carboxylic acid groups (broad SMARTS) is 1. The summed E-state index contributed by atoms with van der Waals surface area (Å²) in [6.45, 7) is 7.28. The van der Waals surface area contributed by atoms with Gasteiger partial charge in [-0.25, -0.2) is 4.79 Å². The van der Waals surface area contributed by atoms with Gasteiger partial charge in [-0.3, -0.25) is 0 Å². The summed E-state index contributed by atoms with van der Waals surface area (Å²) in [4.78, 5) is 9.25. The second-order valence-electron chi connectivity index (χ2n) is 5.58. The molecule has 0 unspecified atom stereocenters. The van der Waals surface area contributed by atoms with Gasteiger partial charge in [-0.15, -0.1) is 0 Å². The topological polar surface area (TPSA) is 46.5 Å². The van der Waals surface area contributed by atoms with Gasteiger partial charge in [0, 0.05) is 12.5 Å². The molecule has 0 radical (unpaired) electrons. The van der Waals surface area contributed by atoms with Crippen LogP contribution in [-0.2, 0) is 4.79 Å². The van der Waals surface area contributed by atoms with E-state index in [4.69, 9.17) is 9.84 Å². The lowest BCUT2D eigenvalue weighted by atomic mass is 10.1. The van der Waals surface area contributed by atoms with E-state index >= 15 is 0 Å². The normalized spacial score (nSPS) is 10.5. The van der Waals surface area contributed by atoms with E-state index in [9.17, 15) is 4.79 Å². The number of carboxylic acids is 1. The van der Waals surface area contributed by atoms with E-state index in [2.05, 4.69) is 26.5 Å². The molecule has 0 spiro atoms. The van der Waals surface area contributed by atoms with Crippen molar-refractivity contribution < 1.29 is 14.6 Å². The third kappa shape index (κ3) is 13.6. The monoisotopic (exact) mass is 332 g/mol. The Labute approximate surface area is 147 Å². The summed E-state index contributed by atoms with van der Waals surface area (Å²) in [5.74, 6) is 1.06. The van der Waals surface area contributed by atoms with Crippen LogP contribution in [0.4, 0.5) is 0 Å². The van der Waals surface area contributed by atoms with Gasteiger partial charge in [-0.2, -0.15) is 0 Å². The number of para-hydroxylation sites is 1. The van der Waals surface area contributed by atoms with Gasteiger partial charge < -0.3 is 9.84 Å². The molecule has 1 aromatic carbocycles. The van der Waals surface area contributed by atoms with E-state index in [1.807, 2.05) is 30.3 Å². The summed E-state index contributed by atoms with van der Waals surface area (Å²) in [5.41, 5.74) is 0. The molecule has 0 bridgehead atoms. The summed E-state index contributed by atoms with van der Waals surface area (Å²) in [6, 6.07) is 10.0. The van der Waals surface area contributed by atoms with Crippen molar-refractivity contribution in [3.63, 3.8) is 0 Å². The Morgan fingerprint density at radius 3 is 2.12 bits per heavy atom. The standard InChI is InChI=1S/C18H28O.C3H4O2/c1-3-5-6-7-8-9-11-14-17(4-2)19-18-15-12-10-13-16-18;1-2-3(4)5/h4,10,12-13,15-16H,3,5-9,11,14H2,1-2H3;2H,1H2,(H,4,5). The molecule has 134 valence electrons. The molecule has 24 heavy (non-hydrogen) atoms. The number of unbranched alkanes of at least 4 members (excludes halogenated alkanes) is 6. The van der Waals surface area contributed by atoms with Crippen LogP contribution in [0.1, 0.15) is 65.2 Å². The molecule has 0 atom stereocenters. The van der Waals surface area contributed by atoms with Crippen molar-refractivity contribution in [1.29, 1.82) is 0 Å². The number of allylic oxidation sites excluding steroid dienone is 2. The molecule has 0 aliphatic rings. The van der Waals surface area contributed by atoms with Crippen LogP contribution in [0.3, 0.4) is 0 Å². The molecule has 0 amide bonds. The summed E-state index contributed by atoms with van der Waals surface area (Å²) in [7, 11) is 0. The first kappa shape index (κ1) is 22.0. The van der Waals surface area contributed by atoms with Crippen molar-refractivity contribution in [1.82, 2.24) is 0 Å². The Morgan fingerprint density at radius 1 is 1.08 bits per heavy atom. The smallest absolute Gasteiger partial charge is 0.327 e. The van der Waals surface area contributed by atoms with Crippen molar-refractivity contribution in [2.75, 3.05) is 0 Å². The predicted octanol–water partition coefficient (Wildman–Crippen LogP) is 6.37. The van der Waals surface area contributed by atoms with Gasteiger partial charge in [0.25, 0.3) is 0 Å². The summed E-state index contributed by atoms with van der Waals surface area (Å²) in [5, 5.41) is 7.60. The number of benzene rings is 1. The van der Waals surface area contributed by atoms with Crippen LogP contribution in [0.25, 0.3) is 0 Å². The van der Waals surface area contributed by atoms with Crippen molar-refractivity contribution >= 4 is 5.97 Å². The first-order chi connectivity index (χ1) is 11.6. The van der Waals surface area contributed by atoms with Crippen LogP contribution in [0, 0.1) is 0 Å². The van der Waals surface area contributed by atoms with E-state index in [-0.39, 0.29) is 0 Å². The first-order valence-electron chi connectivity index (χ1n) is 8.87. The van der Waals surface area contributed by atoms with E-state index in [1.165, 1.54) is 44.9 Å². The molecular weight excluding hydrogens is 300 g/mol. The third-order valence-corrected chi connectivity index (χ3v) is 3.52. The molecule has 1 N–H and O–H groups in total. The van der Waals surface area contributed by atoms with E-state index < -0.39 is 5.97 Å². The van der Waals surface area contributed by atoms with Crippen molar-refractivity contribution in [2.24, 2.45) is 0 Å². The highest BCUT2D eigenvalue weighted by Gasteiger charge is 2.00. The van der Waals surface area contributed by atoms with Gasteiger partial charge in [0.2, 0.25) is 0 Å². The van der Waals surface area contributed by atoms with E-state index in [1.54, 1.807) is 0 Å². The van der Waals surface area contributed by atoms with Crippen LogP contribution < -0.4 is 4.74 Å². The molecule has 1 aromatic rings. The molecular formula is C21H32O3. The van der Waals surface area contributed by atoms with Gasteiger partial charge in [-0.05, 0) is 31.6 Å². The molecule has 0 heterocycles. The largest absolute Gasteiger partial charge is 0.478 e. The molecule has 0 aliphatic carbocycles. The fourth-order valence-corrected chi connectivity index (χ4v) is 2.15. The SMILES string of the molecule is C=CC(=O)O.CC=C(CCCCCCCCC)Oc1ccccc1. The molecule has 0 aliphatic heterocycles. The van der Waals surface area contributed by atoms with E-state index in [0.29, 0.717) is 0 Å². The fraction of sp³-hybridized carbons (Fsp3) is 0.476. The lowest BCUT2D eigenvalue weighted by molar-refractivity contribution is -0.131. The Balaban J connectivity index is 0.000000922. The zero-order valence-corrected chi connectivity index (χ0v) is 15.2. The lowest BCUT2D eigenvalue weighted by Crippen LogP contribution is -1.95. The number of hydrogen-bond donors (Lipinski definition) is 1. The Morgan fingerprint density at radius 2 is 1.62 bits per heavy atom. The minimum absolute atomic E-state index is 0.833. The number of ether oxygens (including phenoxy) is 1. The van der Waals surface area contributed by atoms with Gasteiger partial charge in [-0.1, -0.05) is 70.2 Å². The predicted molar refractivity (Wildman–Crippen MR) is 101 cm³/mol. The Kier molecular flexibility index (Phi) is 14.5. The fourth-order valence-electron chi connectivity index (χ4n) is 2.15. The van der Waals surface area contributed by atoms with E-state index in [0.717, 1.165) is 24.0 Å². The van der Waals surface area contributed by atoms with Crippen LogP contribution >= 0.6 is 0 Å². The first-order valence-corrected chi connectivity index (χ1v) is 8.87. The van der Waals surface area contributed by atoms with Gasteiger partial charge in [0.15, 0.2) is 0 Å². The third-order valence-electron chi connectivity index (χ3n) is 3.52. The Bertz CT molecular complexity index is 463. The maximum Gasteiger partial charge on any atom is 0.327 e. The maximum atomic E-state index is 9.25. The summed E-state index contributed by atoms with van der Waals surface area (Å²) in [6.07, 6.45) is 13.4. The number of carbonyl (C=O) groups is 1. The van der Waals surface area contributed by atoms with Gasteiger partial charge in [0.1, 0.15) is 5.75 Å². The molecule has 0 saturated carbocycles. The molecule has 0 fully saturated rings. The van der Waals surface area contributed by atoms with Crippen molar-refractivity contribution in [2.45, 2.75) is 65.2 Å². The number of hydrogen-bond acceptors (Lipinski definition) is 2. The van der Waals surface area contributed by atoms with Crippen LogP contribution in [-0.4, -0.2) is 11.1 Å². The van der Waals surface area contributed by atoms with Gasteiger partial charge in [0.05, 0.1) is 5.76 Å². The average Bonchev–Trinajstić information content (AvgIpc) is 2.61. The highest BCUT2D eigenvalue weighted by atomic mass is 16.5. The number of rotatable bonds is 11. The molecule has 0 aromatic heterocycles.